The van der Waals surface area contributed by atoms with Gasteiger partial charge in [0.15, 0.2) is 5.03 Å². The maximum atomic E-state index is 12.9. The second-order valence-electron chi connectivity index (χ2n) is 8.81. The number of nitrogens with zero attached hydrogens (tertiary/aromatic N) is 3. The number of carbonyl (C=O) groups excluding carboxylic acids is 1. The number of carbonyl (C=O) groups is 1. The van der Waals surface area contributed by atoms with Crippen LogP contribution in [0, 0.1) is 0 Å². The first-order chi connectivity index (χ1) is 15.5. The maximum Gasteiger partial charge on any atom is 0.333 e. The van der Waals surface area contributed by atoms with Gasteiger partial charge >= 0.3 is 6.03 Å². The van der Waals surface area contributed by atoms with Crippen LogP contribution in [0.3, 0.4) is 0 Å². The van der Waals surface area contributed by atoms with Gasteiger partial charge in [0.25, 0.3) is 10.0 Å². The number of aryl methyl sites for hydroxylation is 1. The maximum absolute atomic E-state index is 12.9. The normalized spacial score (nSPS) is 14.8. The molecule has 1 aromatic carbocycles. The predicted octanol–water partition coefficient (Wildman–Crippen LogP) is 3.28. The van der Waals surface area contributed by atoms with Gasteiger partial charge in [0.05, 0.1) is 18.9 Å². The van der Waals surface area contributed by atoms with Gasteiger partial charge in [-0.2, -0.15) is 13.5 Å². The van der Waals surface area contributed by atoms with E-state index in [1.54, 1.807) is 19.2 Å². The molecule has 2 amide bonds. The van der Waals surface area contributed by atoms with Crippen molar-refractivity contribution in [1.82, 2.24) is 19.4 Å². The number of urea groups is 1. The van der Waals surface area contributed by atoms with E-state index in [4.69, 9.17) is 16.3 Å². The van der Waals surface area contributed by atoms with Gasteiger partial charge in [-0.15, -0.1) is 0 Å². The van der Waals surface area contributed by atoms with Crippen molar-refractivity contribution >= 4 is 62.9 Å². The fourth-order valence-corrected chi connectivity index (χ4v) is 4.92. The summed E-state index contributed by atoms with van der Waals surface area (Å²) in [6.45, 7) is 11.3. The number of nitrogens with one attached hydrogen (secondary N) is 2. The Balaban J connectivity index is 0.00000408. The van der Waals surface area contributed by atoms with E-state index in [-0.39, 0.29) is 46.4 Å². The zero-order valence-corrected chi connectivity index (χ0v) is 24.3. The molecule has 0 atom stereocenters. The number of hydrogen-bond acceptors (Lipinski definition) is 6. The molecule has 12 heteroatoms. The second-order valence-corrected chi connectivity index (χ2v) is 10.9. The van der Waals surface area contributed by atoms with Crippen LogP contribution in [0.4, 0.5) is 10.5 Å². The number of aromatic nitrogens is 2. The third kappa shape index (κ3) is 7.19. The number of morpholine rings is 1. The van der Waals surface area contributed by atoms with Gasteiger partial charge in [0.2, 0.25) is 0 Å². The topological polar surface area (TPSA) is 106 Å². The molecule has 3 rings (SSSR count). The number of amides is 2. The summed E-state index contributed by atoms with van der Waals surface area (Å²) in [5, 5.41) is 7.23. The summed E-state index contributed by atoms with van der Waals surface area (Å²) in [5.41, 5.74) is 2.99. The number of anilines is 1. The summed E-state index contributed by atoms with van der Waals surface area (Å²) >= 11 is 6.27. The summed E-state index contributed by atoms with van der Waals surface area (Å²) in [5.74, 6) is 0.151. The molecule has 2 aromatic rings. The molecule has 0 spiro atoms. The molecule has 2 N–H and O–H groups in total. The van der Waals surface area contributed by atoms with E-state index in [2.05, 4.69) is 20.0 Å². The molecule has 1 aliphatic heterocycles. The molecule has 0 bridgehead atoms. The molecule has 0 aliphatic carbocycles. The van der Waals surface area contributed by atoms with E-state index in [9.17, 15) is 13.2 Å². The number of halogens is 1. The van der Waals surface area contributed by atoms with Crippen molar-refractivity contribution in [2.45, 2.75) is 51.1 Å². The summed E-state index contributed by atoms with van der Waals surface area (Å²) in [6, 6.07) is 4.23. The van der Waals surface area contributed by atoms with Gasteiger partial charge < -0.3 is 10.1 Å². The van der Waals surface area contributed by atoms with Crippen LogP contribution in [0.2, 0.25) is 5.02 Å². The minimum atomic E-state index is -4.16. The number of sulfonamides is 1. The van der Waals surface area contributed by atoms with Crippen molar-refractivity contribution in [1.29, 1.82) is 0 Å². The van der Waals surface area contributed by atoms with Gasteiger partial charge in [-0.25, -0.2) is 9.52 Å². The van der Waals surface area contributed by atoms with E-state index in [0.29, 0.717) is 30.5 Å². The minimum absolute atomic E-state index is 0. The van der Waals surface area contributed by atoms with Gasteiger partial charge in [-0.3, -0.25) is 9.58 Å². The number of ether oxygens (including phenoxy) is 1. The van der Waals surface area contributed by atoms with Crippen LogP contribution in [0.5, 0.6) is 0 Å². The fraction of sp³-hybridized carbons (Fsp3) is 0.545. The average molecular weight is 521 g/mol. The predicted molar refractivity (Wildman–Crippen MR) is 134 cm³/mol. The van der Waals surface area contributed by atoms with E-state index in [0.717, 1.165) is 29.9 Å². The third-order valence-corrected chi connectivity index (χ3v) is 7.02. The molecule has 2 heterocycles. The van der Waals surface area contributed by atoms with Crippen molar-refractivity contribution in [3.8, 4) is 0 Å². The SMILES string of the molecule is CC(C)c1cc(Cl)cc(C(C)C)c1NC(=O)NS(=O)(=O)c1cc(CN2CCOCC2)n(C)n1.[Na]. The number of rotatable bonds is 7. The quantitative estimate of drug-likeness (QED) is 0.543. The van der Waals surface area contributed by atoms with Crippen molar-refractivity contribution in [2.75, 3.05) is 31.6 Å². The first kappa shape index (κ1) is 29.1. The molecule has 1 aromatic heterocycles. The Morgan fingerprint density at radius 1 is 1.12 bits per heavy atom. The molecule has 0 unspecified atom stereocenters. The van der Waals surface area contributed by atoms with Crippen LogP contribution < -0.4 is 10.0 Å². The minimum Gasteiger partial charge on any atom is -0.379 e. The van der Waals surface area contributed by atoms with Crippen LogP contribution in [-0.4, -0.2) is 85.0 Å². The number of hydrogen-bond donors (Lipinski definition) is 2. The van der Waals surface area contributed by atoms with Crippen molar-refractivity contribution in [3.05, 3.63) is 40.0 Å². The monoisotopic (exact) mass is 520 g/mol. The van der Waals surface area contributed by atoms with Crippen LogP contribution in [-0.2, 0) is 28.4 Å². The molecular formula is C22H32ClN5NaO4S. The van der Waals surface area contributed by atoms with Crippen LogP contribution >= 0.6 is 11.6 Å². The molecule has 183 valence electrons. The van der Waals surface area contributed by atoms with Gasteiger partial charge in [0, 0.05) is 73.0 Å². The molecule has 0 saturated carbocycles. The van der Waals surface area contributed by atoms with Crippen LogP contribution in [0.15, 0.2) is 23.2 Å². The Labute approximate surface area is 228 Å². The van der Waals surface area contributed by atoms with Crippen molar-refractivity contribution in [3.63, 3.8) is 0 Å². The third-order valence-electron chi connectivity index (χ3n) is 5.59. The molecule has 9 nitrogen and oxygen atoms in total. The Kier molecular flexibility index (Phi) is 10.4. The molecule has 34 heavy (non-hydrogen) atoms. The zero-order valence-electron chi connectivity index (χ0n) is 20.7. The van der Waals surface area contributed by atoms with Gasteiger partial charge in [0.1, 0.15) is 0 Å². The van der Waals surface area contributed by atoms with E-state index in [1.165, 1.54) is 10.7 Å². The van der Waals surface area contributed by atoms with Crippen molar-refractivity contribution in [2.24, 2.45) is 7.05 Å². The molecule has 1 aliphatic rings. The first-order valence-corrected chi connectivity index (χ1v) is 12.8. The summed E-state index contributed by atoms with van der Waals surface area (Å²) in [4.78, 5) is 14.9. The first-order valence-electron chi connectivity index (χ1n) is 11.0. The Morgan fingerprint density at radius 2 is 1.68 bits per heavy atom. The van der Waals surface area contributed by atoms with Gasteiger partial charge in [-0.1, -0.05) is 39.3 Å². The summed E-state index contributed by atoms with van der Waals surface area (Å²) in [7, 11) is -2.47. The smallest absolute Gasteiger partial charge is 0.333 e. The molecule has 1 saturated heterocycles. The van der Waals surface area contributed by atoms with Crippen LogP contribution in [0.25, 0.3) is 0 Å². The van der Waals surface area contributed by atoms with Crippen molar-refractivity contribution < 1.29 is 17.9 Å². The zero-order chi connectivity index (χ0) is 24.3. The molecule has 1 fully saturated rings. The Bertz CT molecular complexity index is 1090. The Hall–Kier alpha value is -1.14. The van der Waals surface area contributed by atoms with Gasteiger partial charge in [-0.05, 0) is 35.1 Å². The summed E-state index contributed by atoms with van der Waals surface area (Å²) < 4.78 is 34.7. The largest absolute Gasteiger partial charge is 0.379 e. The number of benzene rings is 1. The average Bonchev–Trinajstić information content (AvgIpc) is 3.10. The fourth-order valence-electron chi connectivity index (χ4n) is 3.76. The van der Waals surface area contributed by atoms with E-state index in [1.807, 2.05) is 27.7 Å². The molecule has 1 radical (unpaired) electrons. The van der Waals surface area contributed by atoms with Crippen LogP contribution in [0.1, 0.15) is 56.4 Å². The standard InChI is InChI=1S/C22H32ClN5O4S.Na/c1-14(2)18-10-16(23)11-19(15(3)4)21(18)24-22(29)26-33(30,31)20-12-17(27(5)25-20)13-28-6-8-32-9-7-28;/h10-12,14-15H,6-9,13H2,1-5H3,(H2,24,26,29);. The summed E-state index contributed by atoms with van der Waals surface area (Å²) in [6.07, 6.45) is 0. The molecular weight excluding hydrogens is 489 g/mol. The Morgan fingerprint density at radius 3 is 2.21 bits per heavy atom. The second kappa shape index (κ2) is 12.2. The van der Waals surface area contributed by atoms with E-state index >= 15 is 0 Å². The van der Waals surface area contributed by atoms with E-state index < -0.39 is 16.1 Å².